The molecule has 4 fully saturated rings. The number of carbonyl (C=O) groups is 2. The first kappa shape index (κ1) is 17.3. The number of nitrogens with zero attached hydrogens (tertiary/aromatic N) is 3. The minimum absolute atomic E-state index is 0.0732. The first-order chi connectivity index (χ1) is 13.1. The van der Waals surface area contributed by atoms with Crippen molar-refractivity contribution in [2.45, 2.75) is 62.4 Å². The highest BCUT2D eigenvalue weighted by Crippen LogP contribution is 2.43. The molecule has 0 bridgehead atoms. The van der Waals surface area contributed by atoms with Crippen molar-refractivity contribution >= 4 is 11.8 Å². The maximum Gasteiger partial charge on any atom is 0.252 e. The SMILES string of the molecule is O=C1C2CC(O)CN2C2(CN(C3CCCC3)C2)C(=O)N1Cc1ccccc1. The average molecular weight is 369 g/mol. The molecule has 4 aliphatic rings. The Morgan fingerprint density at radius 2 is 1.78 bits per heavy atom. The van der Waals surface area contributed by atoms with Crippen molar-refractivity contribution in [2.24, 2.45) is 0 Å². The smallest absolute Gasteiger partial charge is 0.252 e. The summed E-state index contributed by atoms with van der Waals surface area (Å²) in [5.74, 6) is -0.221. The number of aliphatic hydroxyl groups is 1. The third kappa shape index (κ3) is 2.65. The fourth-order valence-corrected chi connectivity index (χ4v) is 5.56. The molecule has 6 nitrogen and oxygen atoms in total. The molecule has 3 aliphatic heterocycles. The second kappa shape index (κ2) is 6.40. The van der Waals surface area contributed by atoms with Crippen LogP contribution in [0.3, 0.4) is 0 Å². The third-order valence-electron chi connectivity index (χ3n) is 6.98. The highest BCUT2D eigenvalue weighted by molar-refractivity contribution is 6.06. The van der Waals surface area contributed by atoms with Gasteiger partial charge in [-0.1, -0.05) is 43.2 Å². The number of piperazine rings is 1. The van der Waals surface area contributed by atoms with Crippen molar-refractivity contribution < 1.29 is 14.7 Å². The Balaban J connectivity index is 1.43. The monoisotopic (exact) mass is 369 g/mol. The van der Waals surface area contributed by atoms with Crippen molar-refractivity contribution in [1.29, 1.82) is 0 Å². The van der Waals surface area contributed by atoms with Gasteiger partial charge in [-0.3, -0.25) is 24.3 Å². The topological polar surface area (TPSA) is 64.1 Å². The van der Waals surface area contributed by atoms with Crippen LogP contribution in [0.2, 0.25) is 0 Å². The molecule has 5 rings (SSSR count). The highest BCUT2D eigenvalue weighted by atomic mass is 16.3. The van der Waals surface area contributed by atoms with E-state index < -0.39 is 11.6 Å². The van der Waals surface area contributed by atoms with Crippen LogP contribution in [-0.4, -0.2) is 75.0 Å². The van der Waals surface area contributed by atoms with Gasteiger partial charge < -0.3 is 5.11 Å². The van der Waals surface area contributed by atoms with Crippen LogP contribution in [-0.2, 0) is 16.1 Å². The van der Waals surface area contributed by atoms with E-state index >= 15 is 0 Å². The minimum atomic E-state index is -0.632. The number of likely N-dealkylation sites (tertiary alicyclic amines) is 1. The summed E-state index contributed by atoms with van der Waals surface area (Å²) < 4.78 is 0. The number of amides is 2. The number of benzene rings is 1. The Morgan fingerprint density at radius 1 is 1.07 bits per heavy atom. The molecular weight excluding hydrogens is 342 g/mol. The van der Waals surface area contributed by atoms with Crippen molar-refractivity contribution in [3.05, 3.63) is 35.9 Å². The molecule has 1 spiro atoms. The van der Waals surface area contributed by atoms with Crippen LogP contribution < -0.4 is 0 Å². The molecule has 2 atom stereocenters. The first-order valence-corrected chi connectivity index (χ1v) is 10.2. The van der Waals surface area contributed by atoms with Crippen LogP contribution in [0.25, 0.3) is 0 Å². The van der Waals surface area contributed by atoms with Gasteiger partial charge in [-0.05, 0) is 24.8 Å². The lowest BCUT2D eigenvalue weighted by atomic mass is 9.81. The number of aliphatic hydroxyl groups excluding tert-OH is 1. The Kier molecular flexibility index (Phi) is 4.11. The van der Waals surface area contributed by atoms with E-state index in [1.807, 2.05) is 35.2 Å². The summed E-state index contributed by atoms with van der Waals surface area (Å²) in [4.78, 5) is 32.5. The van der Waals surface area contributed by atoms with Crippen molar-refractivity contribution in [3.8, 4) is 0 Å². The van der Waals surface area contributed by atoms with Crippen LogP contribution in [0.4, 0.5) is 0 Å². The van der Waals surface area contributed by atoms with Gasteiger partial charge in [-0.25, -0.2) is 0 Å². The van der Waals surface area contributed by atoms with Gasteiger partial charge in [0.15, 0.2) is 0 Å². The van der Waals surface area contributed by atoms with Gasteiger partial charge >= 0.3 is 0 Å². The van der Waals surface area contributed by atoms with E-state index in [9.17, 15) is 14.7 Å². The predicted molar refractivity (Wildman–Crippen MR) is 99.7 cm³/mol. The molecule has 3 heterocycles. The Labute approximate surface area is 159 Å². The molecule has 1 aromatic rings. The van der Waals surface area contributed by atoms with E-state index in [2.05, 4.69) is 4.90 Å². The Hall–Kier alpha value is -1.76. The summed E-state index contributed by atoms with van der Waals surface area (Å²) in [5, 5.41) is 10.2. The number of hydrogen-bond acceptors (Lipinski definition) is 5. The molecule has 144 valence electrons. The van der Waals surface area contributed by atoms with Crippen molar-refractivity contribution in [2.75, 3.05) is 19.6 Å². The number of β-amino-alcohol motifs (C(OH)–C–C–N with tert-alkyl or cyclic N) is 1. The second-order valence-electron chi connectivity index (χ2n) is 8.65. The van der Waals surface area contributed by atoms with Gasteiger partial charge in [-0.2, -0.15) is 0 Å². The van der Waals surface area contributed by atoms with Gasteiger partial charge in [-0.15, -0.1) is 0 Å². The minimum Gasteiger partial charge on any atom is -0.392 e. The molecule has 1 aliphatic carbocycles. The number of carbonyl (C=O) groups excluding carboxylic acids is 2. The Morgan fingerprint density at radius 3 is 2.48 bits per heavy atom. The van der Waals surface area contributed by atoms with Crippen LogP contribution in [0, 0.1) is 0 Å². The summed E-state index contributed by atoms with van der Waals surface area (Å²) in [6.45, 7) is 2.14. The second-order valence-corrected chi connectivity index (χ2v) is 8.65. The van der Waals surface area contributed by atoms with Crippen molar-refractivity contribution in [3.63, 3.8) is 0 Å². The lowest BCUT2D eigenvalue weighted by Crippen LogP contribution is -2.82. The predicted octanol–water partition coefficient (Wildman–Crippen LogP) is 0.988. The van der Waals surface area contributed by atoms with Crippen LogP contribution in [0.1, 0.15) is 37.7 Å². The van der Waals surface area contributed by atoms with E-state index in [0.29, 0.717) is 38.6 Å². The van der Waals surface area contributed by atoms with Crippen LogP contribution in [0.5, 0.6) is 0 Å². The number of rotatable bonds is 3. The van der Waals surface area contributed by atoms with Gasteiger partial charge in [0.2, 0.25) is 5.91 Å². The van der Waals surface area contributed by atoms with Gasteiger partial charge in [0, 0.05) is 25.7 Å². The summed E-state index contributed by atoms with van der Waals surface area (Å²) >= 11 is 0. The molecule has 2 unspecified atom stereocenters. The Bertz CT molecular complexity index is 740. The van der Waals surface area contributed by atoms with Crippen molar-refractivity contribution in [1.82, 2.24) is 14.7 Å². The maximum absolute atomic E-state index is 13.5. The molecule has 6 heteroatoms. The number of hydrogen-bond donors (Lipinski definition) is 1. The molecule has 3 saturated heterocycles. The van der Waals surface area contributed by atoms with Gasteiger partial charge in [0.05, 0.1) is 18.7 Å². The van der Waals surface area contributed by atoms with E-state index in [0.717, 1.165) is 5.56 Å². The number of fused-ring (bicyclic) bond motifs is 2. The third-order valence-corrected chi connectivity index (χ3v) is 6.98. The standard InChI is InChI=1S/C21H27N3O3/c25-17-10-18-19(26)23(11-15-6-2-1-3-7-15)20(27)21(24(18)12-17)13-22(14-21)16-8-4-5-9-16/h1-3,6-7,16-18,25H,4-5,8-14H2. The lowest BCUT2D eigenvalue weighted by molar-refractivity contribution is -0.183. The molecule has 27 heavy (non-hydrogen) atoms. The van der Waals surface area contributed by atoms with E-state index in [4.69, 9.17) is 0 Å². The van der Waals surface area contributed by atoms with E-state index in [1.54, 1.807) is 0 Å². The van der Waals surface area contributed by atoms with Crippen LogP contribution >= 0.6 is 0 Å². The fraction of sp³-hybridized carbons (Fsp3) is 0.619. The highest BCUT2D eigenvalue weighted by Gasteiger charge is 2.64. The van der Waals surface area contributed by atoms with Crippen LogP contribution in [0.15, 0.2) is 30.3 Å². The molecule has 1 N–H and O–H groups in total. The number of imide groups is 1. The molecule has 0 radical (unpaired) electrons. The summed E-state index contributed by atoms with van der Waals surface area (Å²) in [5.41, 5.74) is 0.335. The van der Waals surface area contributed by atoms with Gasteiger partial charge in [0.25, 0.3) is 5.91 Å². The molecule has 0 aromatic heterocycles. The molecule has 1 aromatic carbocycles. The summed E-state index contributed by atoms with van der Waals surface area (Å²) in [7, 11) is 0. The summed E-state index contributed by atoms with van der Waals surface area (Å²) in [6.07, 6.45) is 4.87. The normalized spacial score (nSPS) is 31.5. The first-order valence-electron chi connectivity index (χ1n) is 10.2. The van der Waals surface area contributed by atoms with E-state index in [-0.39, 0.29) is 17.9 Å². The zero-order valence-corrected chi connectivity index (χ0v) is 15.6. The fourth-order valence-electron chi connectivity index (χ4n) is 5.56. The molecule has 1 saturated carbocycles. The van der Waals surface area contributed by atoms with E-state index in [1.165, 1.54) is 30.6 Å². The largest absolute Gasteiger partial charge is 0.392 e. The zero-order chi connectivity index (χ0) is 18.6. The maximum atomic E-state index is 13.5. The molecule has 2 amide bonds. The van der Waals surface area contributed by atoms with Gasteiger partial charge in [0.1, 0.15) is 5.54 Å². The zero-order valence-electron chi connectivity index (χ0n) is 15.6. The quantitative estimate of drug-likeness (QED) is 0.805. The average Bonchev–Trinajstić information content (AvgIpc) is 3.29. The molecular formula is C21H27N3O3. The summed E-state index contributed by atoms with van der Waals surface area (Å²) in [6, 6.07) is 9.91. The lowest BCUT2D eigenvalue weighted by Gasteiger charge is -2.60.